The maximum Gasteiger partial charge on any atom is 0.200 e. The van der Waals surface area contributed by atoms with Crippen molar-refractivity contribution < 1.29 is 14.7 Å². The number of rotatable bonds is 9. The van der Waals surface area contributed by atoms with Crippen LogP contribution in [0.4, 0.5) is 17.1 Å². The molecule has 0 saturated carbocycles. The van der Waals surface area contributed by atoms with Crippen molar-refractivity contribution in [3.63, 3.8) is 0 Å². The molecule has 1 aliphatic carbocycles. The number of fused-ring (bicyclic) bond motifs is 2. The van der Waals surface area contributed by atoms with E-state index < -0.39 is 5.78 Å². The molecule has 0 spiro atoms. The van der Waals surface area contributed by atoms with Gasteiger partial charge in [0.1, 0.15) is 5.75 Å². The number of phenolic OH excluding ortho intramolecular Hbond substituents is 1. The maximum atomic E-state index is 13.5. The molecule has 1 aliphatic rings. The minimum atomic E-state index is -0.431. The first kappa shape index (κ1) is 20.6. The van der Waals surface area contributed by atoms with Gasteiger partial charge in [-0.2, -0.15) is 0 Å². The Morgan fingerprint density at radius 2 is 0.966 bits per heavy atom. The van der Waals surface area contributed by atoms with E-state index in [1.807, 2.05) is 0 Å². The highest BCUT2D eigenvalue weighted by molar-refractivity contribution is 6.34. The number of anilines is 3. The molecule has 0 heterocycles. The Morgan fingerprint density at radius 3 is 1.38 bits per heavy atom. The standard InChI is InChI=1S/C20H26N6O3/c21-5-8-24-11-1-2-12(25-9-6-22)16-15(11)19(28)17-13(26-10-7-23)3-4-14(27)18(17)20(16)29/h1-4,24-27H,5-10,21-23H2. The van der Waals surface area contributed by atoms with Gasteiger partial charge in [0.05, 0.1) is 22.3 Å². The molecule has 0 bridgehead atoms. The summed E-state index contributed by atoms with van der Waals surface area (Å²) in [7, 11) is 0. The minimum absolute atomic E-state index is 0.0173. The van der Waals surface area contributed by atoms with E-state index in [9.17, 15) is 14.7 Å². The van der Waals surface area contributed by atoms with Crippen molar-refractivity contribution in [1.82, 2.24) is 0 Å². The Labute approximate surface area is 168 Å². The summed E-state index contributed by atoms with van der Waals surface area (Å²) in [5, 5.41) is 19.7. The van der Waals surface area contributed by atoms with Crippen LogP contribution in [0.2, 0.25) is 0 Å². The van der Waals surface area contributed by atoms with Crippen molar-refractivity contribution in [2.75, 3.05) is 55.2 Å². The Balaban J connectivity index is 2.23. The minimum Gasteiger partial charge on any atom is -0.507 e. The molecule has 2 aromatic rings. The number of aromatic hydroxyl groups is 1. The number of benzene rings is 2. The third-order valence-corrected chi connectivity index (χ3v) is 4.68. The largest absolute Gasteiger partial charge is 0.507 e. The molecule has 154 valence electrons. The van der Waals surface area contributed by atoms with Crippen LogP contribution < -0.4 is 33.2 Å². The molecule has 0 radical (unpaired) electrons. The number of carbonyl (C=O) groups excluding carboxylic acids is 2. The molecule has 0 aliphatic heterocycles. The molecule has 9 nitrogen and oxygen atoms in total. The predicted molar refractivity (Wildman–Crippen MR) is 114 cm³/mol. The quantitative estimate of drug-likeness (QED) is 0.250. The van der Waals surface area contributed by atoms with Crippen LogP contribution in [-0.2, 0) is 0 Å². The molecule has 2 aromatic carbocycles. The van der Waals surface area contributed by atoms with Crippen LogP contribution in [0.25, 0.3) is 0 Å². The second-order valence-electron chi connectivity index (χ2n) is 6.60. The third-order valence-electron chi connectivity index (χ3n) is 4.68. The average Bonchev–Trinajstić information content (AvgIpc) is 2.73. The van der Waals surface area contributed by atoms with Crippen LogP contribution >= 0.6 is 0 Å². The number of phenols is 1. The molecule has 0 amide bonds. The lowest BCUT2D eigenvalue weighted by Gasteiger charge is -2.26. The van der Waals surface area contributed by atoms with Crippen LogP contribution in [-0.4, -0.2) is 55.9 Å². The van der Waals surface area contributed by atoms with E-state index in [4.69, 9.17) is 17.2 Å². The summed E-state index contributed by atoms with van der Waals surface area (Å²) in [5.41, 5.74) is 18.8. The Bertz CT molecular complexity index is 944. The van der Waals surface area contributed by atoms with Gasteiger partial charge in [-0.25, -0.2) is 0 Å². The zero-order valence-electron chi connectivity index (χ0n) is 16.0. The number of hydrogen-bond acceptors (Lipinski definition) is 9. The van der Waals surface area contributed by atoms with Gasteiger partial charge in [-0.05, 0) is 24.3 Å². The van der Waals surface area contributed by atoms with Gasteiger partial charge < -0.3 is 38.3 Å². The SMILES string of the molecule is NCCNc1ccc(O)c2c1C(=O)c1c(NCCN)ccc(NCCN)c1C2=O. The van der Waals surface area contributed by atoms with Gasteiger partial charge in [0.25, 0.3) is 0 Å². The van der Waals surface area contributed by atoms with E-state index in [1.165, 1.54) is 6.07 Å². The van der Waals surface area contributed by atoms with Crippen molar-refractivity contribution in [1.29, 1.82) is 0 Å². The fraction of sp³-hybridized carbons (Fsp3) is 0.300. The lowest BCUT2D eigenvalue weighted by molar-refractivity contribution is 0.0978. The van der Waals surface area contributed by atoms with E-state index >= 15 is 0 Å². The molecule has 0 saturated heterocycles. The molecular formula is C20H26N6O3. The summed E-state index contributed by atoms with van der Waals surface area (Å²) in [6.07, 6.45) is 0. The van der Waals surface area contributed by atoms with Crippen LogP contribution in [0.15, 0.2) is 24.3 Å². The van der Waals surface area contributed by atoms with E-state index in [2.05, 4.69) is 16.0 Å². The fourth-order valence-corrected chi connectivity index (χ4v) is 3.44. The summed E-state index contributed by atoms with van der Waals surface area (Å²) in [6, 6.07) is 6.43. The third kappa shape index (κ3) is 3.75. The van der Waals surface area contributed by atoms with Crippen molar-refractivity contribution in [2.45, 2.75) is 0 Å². The summed E-state index contributed by atoms with van der Waals surface area (Å²) >= 11 is 0. The number of hydrogen-bond donors (Lipinski definition) is 7. The number of nitrogens with two attached hydrogens (primary N) is 3. The van der Waals surface area contributed by atoms with Crippen LogP contribution in [0, 0.1) is 0 Å². The van der Waals surface area contributed by atoms with Crippen molar-refractivity contribution in [2.24, 2.45) is 17.2 Å². The maximum absolute atomic E-state index is 13.5. The van der Waals surface area contributed by atoms with Crippen LogP contribution in [0.3, 0.4) is 0 Å². The van der Waals surface area contributed by atoms with Crippen molar-refractivity contribution >= 4 is 28.6 Å². The summed E-state index contributed by atoms with van der Waals surface area (Å²) in [6.45, 7) is 2.37. The highest BCUT2D eigenvalue weighted by Crippen LogP contribution is 2.41. The number of carbonyl (C=O) groups is 2. The molecular weight excluding hydrogens is 372 g/mol. The molecule has 29 heavy (non-hydrogen) atoms. The molecule has 0 unspecified atom stereocenters. The summed E-state index contributed by atoms with van der Waals surface area (Å²) in [4.78, 5) is 27.0. The summed E-state index contributed by atoms with van der Waals surface area (Å²) in [5.74, 6) is -1.03. The average molecular weight is 398 g/mol. The Morgan fingerprint density at radius 1 is 0.621 bits per heavy atom. The monoisotopic (exact) mass is 398 g/mol. The van der Waals surface area contributed by atoms with Crippen molar-refractivity contribution in [3.8, 4) is 5.75 Å². The first-order valence-electron chi connectivity index (χ1n) is 9.49. The Hall–Kier alpha value is -3.14. The second-order valence-corrected chi connectivity index (χ2v) is 6.60. The summed E-state index contributed by atoms with van der Waals surface area (Å²) < 4.78 is 0. The van der Waals surface area contributed by atoms with E-state index in [-0.39, 0.29) is 33.8 Å². The fourth-order valence-electron chi connectivity index (χ4n) is 3.44. The predicted octanol–water partition coefficient (Wildman–Crippen LogP) is 0.279. The smallest absolute Gasteiger partial charge is 0.200 e. The number of nitrogens with one attached hydrogen (secondary N) is 3. The molecule has 9 heteroatoms. The van der Waals surface area contributed by atoms with Gasteiger partial charge in [0, 0.05) is 56.3 Å². The molecule has 0 fully saturated rings. The topological polar surface area (TPSA) is 169 Å². The van der Waals surface area contributed by atoms with Gasteiger partial charge >= 0.3 is 0 Å². The van der Waals surface area contributed by atoms with Crippen LogP contribution in [0.5, 0.6) is 5.75 Å². The molecule has 10 N–H and O–H groups in total. The first-order chi connectivity index (χ1) is 14.0. The zero-order valence-corrected chi connectivity index (χ0v) is 16.0. The molecule has 0 atom stereocenters. The first-order valence-corrected chi connectivity index (χ1v) is 9.49. The van der Waals surface area contributed by atoms with Gasteiger partial charge in [-0.15, -0.1) is 0 Å². The van der Waals surface area contributed by atoms with E-state index in [0.717, 1.165) is 0 Å². The van der Waals surface area contributed by atoms with E-state index in [1.54, 1.807) is 18.2 Å². The van der Waals surface area contributed by atoms with Gasteiger partial charge in [-0.1, -0.05) is 0 Å². The molecule has 3 rings (SSSR count). The highest BCUT2D eigenvalue weighted by Gasteiger charge is 2.37. The zero-order chi connectivity index (χ0) is 21.0. The number of ketones is 2. The highest BCUT2D eigenvalue weighted by atomic mass is 16.3. The second kappa shape index (κ2) is 8.91. The van der Waals surface area contributed by atoms with E-state index in [0.29, 0.717) is 56.3 Å². The van der Waals surface area contributed by atoms with Gasteiger partial charge in [-0.3, -0.25) is 9.59 Å². The van der Waals surface area contributed by atoms with Gasteiger partial charge in [0.15, 0.2) is 11.6 Å². The van der Waals surface area contributed by atoms with Crippen LogP contribution in [0.1, 0.15) is 31.8 Å². The Kier molecular flexibility index (Phi) is 6.32. The van der Waals surface area contributed by atoms with Gasteiger partial charge in [0.2, 0.25) is 0 Å². The lowest BCUT2D eigenvalue weighted by Crippen LogP contribution is -2.27. The molecule has 0 aromatic heterocycles. The normalized spacial score (nSPS) is 12.4. The lowest BCUT2D eigenvalue weighted by atomic mass is 9.80. The van der Waals surface area contributed by atoms with Crippen molar-refractivity contribution in [3.05, 3.63) is 46.5 Å².